The Balaban J connectivity index is 1.66. The number of nitrogens with one attached hydrogen (secondary N) is 2. The van der Waals surface area contributed by atoms with Crippen LogP contribution in [0.4, 0.5) is 11.6 Å². The summed E-state index contributed by atoms with van der Waals surface area (Å²) in [6.07, 6.45) is 6.81. The van der Waals surface area contributed by atoms with Gasteiger partial charge in [0.1, 0.15) is 17.2 Å². The van der Waals surface area contributed by atoms with Gasteiger partial charge in [0.05, 0.1) is 18.0 Å². The fourth-order valence-electron chi connectivity index (χ4n) is 2.66. The number of hydrogen-bond acceptors (Lipinski definition) is 6. The first kappa shape index (κ1) is 15.9. The number of aromatic nitrogens is 6. The minimum atomic E-state index is -0.165. The SMILES string of the molecule is CC(C)n1cnc2cnc(Nc3ccnc(-c4ccc(=O)[nH]c4)n3)cc21. The van der Waals surface area contributed by atoms with Crippen LogP contribution in [0.25, 0.3) is 22.4 Å². The van der Waals surface area contributed by atoms with Crippen LogP contribution in [0.5, 0.6) is 0 Å². The molecule has 0 bridgehead atoms. The average molecular weight is 347 g/mol. The second kappa shape index (κ2) is 6.40. The van der Waals surface area contributed by atoms with Crippen LogP contribution >= 0.6 is 0 Å². The number of H-pyrrole nitrogens is 1. The summed E-state index contributed by atoms with van der Waals surface area (Å²) < 4.78 is 2.09. The number of anilines is 2. The summed E-state index contributed by atoms with van der Waals surface area (Å²) in [6, 6.07) is 7.15. The molecule has 0 aliphatic rings. The van der Waals surface area contributed by atoms with Crippen molar-refractivity contribution in [3.8, 4) is 11.4 Å². The molecule has 26 heavy (non-hydrogen) atoms. The lowest BCUT2D eigenvalue weighted by molar-refractivity contribution is 0.617. The molecule has 0 unspecified atom stereocenters. The van der Waals surface area contributed by atoms with Crippen molar-refractivity contribution >= 4 is 22.7 Å². The van der Waals surface area contributed by atoms with E-state index >= 15 is 0 Å². The van der Waals surface area contributed by atoms with E-state index in [0.29, 0.717) is 23.5 Å². The summed E-state index contributed by atoms with van der Waals surface area (Å²) >= 11 is 0. The molecule has 0 fully saturated rings. The minimum Gasteiger partial charge on any atom is -0.328 e. The lowest BCUT2D eigenvalue weighted by atomic mass is 10.2. The molecular weight excluding hydrogens is 330 g/mol. The number of aromatic amines is 1. The Hall–Kier alpha value is -3.55. The number of fused-ring (bicyclic) bond motifs is 1. The van der Waals surface area contributed by atoms with E-state index in [0.717, 1.165) is 16.6 Å². The highest BCUT2D eigenvalue weighted by Crippen LogP contribution is 2.22. The normalized spacial score (nSPS) is 11.2. The third kappa shape index (κ3) is 3.04. The van der Waals surface area contributed by atoms with Crippen molar-refractivity contribution in [2.24, 2.45) is 0 Å². The van der Waals surface area contributed by atoms with E-state index in [1.54, 1.807) is 30.7 Å². The Kier molecular flexibility index (Phi) is 3.92. The van der Waals surface area contributed by atoms with E-state index in [1.807, 2.05) is 12.4 Å². The molecule has 0 aliphatic carbocycles. The highest BCUT2D eigenvalue weighted by molar-refractivity contribution is 5.78. The van der Waals surface area contributed by atoms with Gasteiger partial charge in [-0.05, 0) is 26.0 Å². The first-order valence-corrected chi connectivity index (χ1v) is 8.22. The van der Waals surface area contributed by atoms with Gasteiger partial charge < -0.3 is 14.9 Å². The molecule has 0 aliphatic heterocycles. The van der Waals surface area contributed by atoms with Gasteiger partial charge in [-0.1, -0.05) is 0 Å². The summed E-state index contributed by atoms with van der Waals surface area (Å²) in [5.74, 6) is 1.80. The molecule has 0 saturated heterocycles. The first-order chi connectivity index (χ1) is 12.6. The maximum absolute atomic E-state index is 11.2. The van der Waals surface area contributed by atoms with Crippen molar-refractivity contribution in [3.63, 3.8) is 0 Å². The lowest BCUT2D eigenvalue weighted by Crippen LogP contribution is -2.03. The zero-order chi connectivity index (χ0) is 18.1. The van der Waals surface area contributed by atoms with E-state index in [9.17, 15) is 4.79 Å². The largest absolute Gasteiger partial charge is 0.328 e. The number of nitrogens with zero attached hydrogens (tertiary/aromatic N) is 5. The number of pyridine rings is 2. The molecule has 2 N–H and O–H groups in total. The fourth-order valence-corrected chi connectivity index (χ4v) is 2.66. The van der Waals surface area contributed by atoms with Crippen LogP contribution in [-0.2, 0) is 0 Å². The van der Waals surface area contributed by atoms with Gasteiger partial charge in [-0.15, -0.1) is 0 Å². The Bertz CT molecular complexity index is 1110. The Labute approximate surface area is 149 Å². The maximum Gasteiger partial charge on any atom is 0.247 e. The van der Waals surface area contributed by atoms with Crippen molar-refractivity contribution in [2.45, 2.75) is 19.9 Å². The summed E-state index contributed by atoms with van der Waals surface area (Å²) in [5.41, 5.74) is 2.42. The Morgan fingerprint density at radius 2 is 2.00 bits per heavy atom. The van der Waals surface area contributed by atoms with Crippen LogP contribution < -0.4 is 10.9 Å². The molecular formula is C18H17N7O. The molecule has 8 nitrogen and oxygen atoms in total. The number of hydrogen-bond donors (Lipinski definition) is 2. The lowest BCUT2D eigenvalue weighted by Gasteiger charge is -2.09. The molecule has 8 heteroatoms. The van der Waals surface area contributed by atoms with E-state index in [1.165, 1.54) is 6.07 Å². The van der Waals surface area contributed by atoms with E-state index < -0.39 is 0 Å². The van der Waals surface area contributed by atoms with Gasteiger partial charge in [-0.2, -0.15) is 0 Å². The summed E-state index contributed by atoms with van der Waals surface area (Å²) in [6.45, 7) is 4.21. The molecule has 4 aromatic rings. The summed E-state index contributed by atoms with van der Waals surface area (Å²) in [4.78, 5) is 31.3. The highest BCUT2D eigenvalue weighted by Gasteiger charge is 2.09. The van der Waals surface area contributed by atoms with Gasteiger partial charge in [-0.3, -0.25) is 4.79 Å². The van der Waals surface area contributed by atoms with Crippen LogP contribution in [-0.4, -0.2) is 29.5 Å². The van der Waals surface area contributed by atoms with Gasteiger partial charge >= 0.3 is 0 Å². The van der Waals surface area contributed by atoms with Crippen molar-refractivity contribution < 1.29 is 0 Å². The average Bonchev–Trinajstić information content (AvgIpc) is 3.06. The predicted octanol–water partition coefficient (Wildman–Crippen LogP) is 2.90. The monoisotopic (exact) mass is 347 g/mol. The van der Waals surface area contributed by atoms with E-state index in [4.69, 9.17) is 0 Å². The van der Waals surface area contributed by atoms with Crippen LogP contribution in [0.15, 0.2) is 54.0 Å². The second-order valence-corrected chi connectivity index (χ2v) is 6.14. The van der Waals surface area contributed by atoms with Gasteiger partial charge in [0, 0.05) is 36.1 Å². The smallest absolute Gasteiger partial charge is 0.247 e. The number of imidazole rings is 1. The quantitative estimate of drug-likeness (QED) is 0.588. The van der Waals surface area contributed by atoms with Crippen molar-refractivity contribution in [2.75, 3.05) is 5.32 Å². The summed E-state index contributed by atoms with van der Waals surface area (Å²) in [5, 5.41) is 3.20. The van der Waals surface area contributed by atoms with Crippen LogP contribution in [0.3, 0.4) is 0 Å². The minimum absolute atomic E-state index is 0.165. The molecule has 4 rings (SSSR count). The van der Waals surface area contributed by atoms with E-state index in [-0.39, 0.29) is 5.56 Å². The number of rotatable bonds is 4. The Morgan fingerprint density at radius 1 is 1.12 bits per heavy atom. The molecule has 0 aromatic carbocycles. The third-order valence-electron chi connectivity index (χ3n) is 3.97. The molecule has 4 heterocycles. The molecule has 0 amide bonds. The standard InChI is InChI=1S/C18H17N7O/c1-11(2)25-10-22-13-9-20-16(7-14(13)25)23-15-5-6-19-18(24-15)12-3-4-17(26)21-8-12/h3-11H,1-2H3,(H,21,26)(H,19,20,23,24). The fraction of sp³-hybridized carbons (Fsp3) is 0.167. The zero-order valence-electron chi connectivity index (χ0n) is 14.3. The molecule has 0 saturated carbocycles. The van der Waals surface area contributed by atoms with Crippen LogP contribution in [0.2, 0.25) is 0 Å². The van der Waals surface area contributed by atoms with Crippen LogP contribution in [0, 0.1) is 0 Å². The molecule has 4 aromatic heterocycles. The van der Waals surface area contributed by atoms with Gasteiger partial charge in [0.25, 0.3) is 0 Å². The molecule has 0 spiro atoms. The van der Waals surface area contributed by atoms with Crippen molar-refractivity contribution in [3.05, 3.63) is 59.5 Å². The van der Waals surface area contributed by atoms with Crippen molar-refractivity contribution in [1.82, 2.24) is 29.5 Å². The molecule has 0 atom stereocenters. The highest BCUT2D eigenvalue weighted by atomic mass is 16.1. The summed E-state index contributed by atoms with van der Waals surface area (Å²) in [7, 11) is 0. The van der Waals surface area contributed by atoms with Gasteiger partial charge in [-0.25, -0.2) is 19.9 Å². The Morgan fingerprint density at radius 3 is 2.77 bits per heavy atom. The molecule has 0 radical (unpaired) electrons. The first-order valence-electron chi connectivity index (χ1n) is 8.22. The third-order valence-corrected chi connectivity index (χ3v) is 3.97. The van der Waals surface area contributed by atoms with Crippen molar-refractivity contribution in [1.29, 1.82) is 0 Å². The van der Waals surface area contributed by atoms with Gasteiger partial charge in [0.15, 0.2) is 5.82 Å². The molecule has 130 valence electrons. The maximum atomic E-state index is 11.2. The van der Waals surface area contributed by atoms with E-state index in [2.05, 4.69) is 48.7 Å². The topological polar surface area (TPSA) is 101 Å². The predicted molar refractivity (Wildman–Crippen MR) is 99.3 cm³/mol. The van der Waals surface area contributed by atoms with Gasteiger partial charge in [0.2, 0.25) is 5.56 Å². The second-order valence-electron chi connectivity index (χ2n) is 6.14. The zero-order valence-corrected chi connectivity index (χ0v) is 14.3. The van der Waals surface area contributed by atoms with Crippen LogP contribution in [0.1, 0.15) is 19.9 Å².